The van der Waals surface area contributed by atoms with E-state index in [0.717, 1.165) is 17.3 Å². The summed E-state index contributed by atoms with van der Waals surface area (Å²) in [5.41, 5.74) is 0. The van der Waals surface area contributed by atoms with Crippen molar-refractivity contribution in [3.05, 3.63) is 50.4 Å². The SMILES string of the molecule is CCCCCCC[CH2][Co](=[O])[c]1cc[c]([Co](=[O])[c]2cc(Cl)c(Cl)c(Cl)c2Cl)cc1. The third-order valence-electron chi connectivity index (χ3n) is 3.99. The van der Waals surface area contributed by atoms with Crippen LogP contribution in [-0.2, 0) is 34.9 Å². The fourth-order valence-corrected chi connectivity index (χ4v) is 6.53. The predicted octanol–water partition coefficient (Wildman–Crippen LogP) is 6.58. The Labute approximate surface area is 194 Å². The quantitative estimate of drug-likeness (QED) is 0.189. The maximum absolute atomic E-state index is 12.9. The van der Waals surface area contributed by atoms with E-state index in [1.165, 1.54) is 31.7 Å². The number of hydrogen-bond donors (Lipinski definition) is 0. The van der Waals surface area contributed by atoms with Gasteiger partial charge in [-0.1, -0.05) is 0 Å². The number of unbranched alkanes of at least 4 members (excludes halogenated alkanes) is 5. The molecule has 8 heteroatoms. The van der Waals surface area contributed by atoms with Crippen LogP contribution in [0.5, 0.6) is 0 Å². The molecule has 0 radical (unpaired) electrons. The zero-order valence-electron chi connectivity index (χ0n) is 15.3. The van der Waals surface area contributed by atoms with Gasteiger partial charge in [0.15, 0.2) is 0 Å². The van der Waals surface area contributed by atoms with Crippen LogP contribution in [0.15, 0.2) is 30.3 Å². The third kappa shape index (κ3) is 6.61. The van der Waals surface area contributed by atoms with E-state index in [9.17, 15) is 7.73 Å². The Kier molecular flexibility index (Phi) is 10.6. The van der Waals surface area contributed by atoms with Crippen molar-refractivity contribution in [2.24, 2.45) is 0 Å². The van der Waals surface area contributed by atoms with Crippen LogP contribution in [0.25, 0.3) is 0 Å². The molecule has 0 amide bonds. The first-order valence-electron chi connectivity index (χ1n) is 8.87. The second kappa shape index (κ2) is 12.2. The minimum atomic E-state index is -1.97. The summed E-state index contributed by atoms with van der Waals surface area (Å²) >= 11 is 20.9. The predicted molar refractivity (Wildman–Crippen MR) is 111 cm³/mol. The van der Waals surface area contributed by atoms with Crippen LogP contribution in [0.4, 0.5) is 0 Å². The Bertz CT molecular complexity index is 854. The van der Waals surface area contributed by atoms with E-state index in [1.807, 2.05) is 0 Å². The summed E-state index contributed by atoms with van der Waals surface area (Å²) in [5, 5.41) is 1.24. The van der Waals surface area contributed by atoms with E-state index in [1.54, 1.807) is 24.3 Å². The minimum absolute atomic E-state index is 0.0899. The molecule has 160 valence electrons. The molecule has 2 aromatic rings. The molecule has 0 aromatic heterocycles. The summed E-state index contributed by atoms with van der Waals surface area (Å²) < 4.78 is 27.0. The van der Waals surface area contributed by atoms with Crippen molar-refractivity contribution in [3.63, 3.8) is 0 Å². The number of halogens is 4. The average molecular weight is 554 g/mol. The monoisotopic (exact) mass is 552 g/mol. The number of rotatable bonds is 10. The molecule has 0 aliphatic carbocycles. The Morgan fingerprint density at radius 1 is 0.750 bits per heavy atom. The van der Waals surface area contributed by atoms with E-state index in [2.05, 4.69) is 6.92 Å². The molecular formula is C20H22Cl4Co2O2. The Balaban J connectivity index is 2.02. The second-order valence-corrected chi connectivity index (χ2v) is 11.5. The zero-order valence-corrected chi connectivity index (χ0v) is 20.4. The van der Waals surface area contributed by atoms with Gasteiger partial charge in [0.1, 0.15) is 0 Å². The molecule has 28 heavy (non-hydrogen) atoms. The van der Waals surface area contributed by atoms with E-state index >= 15 is 0 Å². The van der Waals surface area contributed by atoms with E-state index in [-0.39, 0.29) is 20.1 Å². The van der Waals surface area contributed by atoms with Crippen LogP contribution in [0, 0.1) is 0 Å². The van der Waals surface area contributed by atoms with Gasteiger partial charge in [0.25, 0.3) is 0 Å². The summed E-state index contributed by atoms with van der Waals surface area (Å²) in [6.07, 6.45) is 7.01. The van der Waals surface area contributed by atoms with Crippen LogP contribution in [0.1, 0.15) is 45.4 Å². The van der Waals surface area contributed by atoms with E-state index in [4.69, 9.17) is 46.4 Å². The van der Waals surface area contributed by atoms with Gasteiger partial charge in [-0.3, -0.25) is 0 Å². The van der Waals surface area contributed by atoms with E-state index < -0.39 is 27.2 Å². The van der Waals surface area contributed by atoms with Gasteiger partial charge in [0, 0.05) is 0 Å². The van der Waals surface area contributed by atoms with Gasteiger partial charge in [-0.15, -0.1) is 0 Å². The summed E-state index contributed by atoms with van der Waals surface area (Å²) in [5.74, 6) is 0. The Morgan fingerprint density at radius 3 is 1.96 bits per heavy atom. The van der Waals surface area contributed by atoms with Gasteiger partial charge in [-0.2, -0.15) is 0 Å². The van der Waals surface area contributed by atoms with Gasteiger partial charge in [0.2, 0.25) is 0 Å². The Morgan fingerprint density at radius 2 is 1.32 bits per heavy atom. The molecule has 0 N–H and O–H groups in total. The van der Waals surface area contributed by atoms with Crippen molar-refractivity contribution in [3.8, 4) is 0 Å². The second-order valence-electron chi connectivity index (χ2n) is 6.08. The molecule has 2 nitrogen and oxygen atoms in total. The number of hydrogen-bond acceptors (Lipinski definition) is 2. The van der Waals surface area contributed by atoms with Gasteiger partial charge in [-0.05, 0) is 0 Å². The molecule has 0 saturated heterocycles. The zero-order chi connectivity index (χ0) is 20.7. The van der Waals surface area contributed by atoms with Crippen LogP contribution >= 0.6 is 46.4 Å². The van der Waals surface area contributed by atoms with Crippen molar-refractivity contribution >= 4 is 59.9 Å². The van der Waals surface area contributed by atoms with Crippen LogP contribution in [0.2, 0.25) is 25.4 Å². The maximum atomic E-state index is 12.9. The van der Waals surface area contributed by atoms with Crippen LogP contribution < -0.4 is 13.5 Å². The third-order valence-corrected chi connectivity index (χ3v) is 9.55. The van der Waals surface area contributed by atoms with Crippen molar-refractivity contribution in [2.45, 2.75) is 50.8 Å². The molecule has 2 aromatic carbocycles. The Hall–Kier alpha value is 0.213. The van der Waals surface area contributed by atoms with Crippen LogP contribution in [-0.4, -0.2) is 0 Å². The first kappa shape index (κ1) is 24.5. The van der Waals surface area contributed by atoms with Crippen molar-refractivity contribution < 1.29 is 34.9 Å². The summed E-state index contributed by atoms with van der Waals surface area (Å²) in [7, 11) is 0. The van der Waals surface area contributed by atoms with Crippen molar-refractivity contribution in [1.82, 2.24) is 0 Å². The molecule has 0 atom stereocenters. The molecule has 0 unspecified atom stereocenters. The number of benzene rings is 2. The molecule has 0 heterocycles. The topological polar surface area (TPSA) is 34.1 Å². The standard InChI is InChI=1S/C8H17.C6HCl4.C6H4.2Co.2O/c1-3-5-7-8-6-4-2;7-3-1-2-4(8)6(10)5(3)9;1-2-4-6-5-3-1;;;;/h1,3-8H2,2H3;1H;1-2,5-6H;;;;. The first-order chi connectivity index (χ1) is 13.4. The van der Waals surface area contributed by atoms with Gasteiger partial charge in [0.05, 0.1) is 0 Å². The van der Waals surface area contributed by atoms with Gasteiger partial charge in [-0.25, -0.2) is 0 Å². The van der Waals surface area contributed by atoms with Gasteiger partial charge >= 0.3 is 196 Å². The fraction of sp³-hybridized carbons (Fsp3) is 0.400. The van der Waals surface area contributed by atoms with Gasteiger partial charge < -0.3 is 0 Å². The van der Waals surface area contributed by atoms with E-state index in [0.29, 0.717) is 14.4 Å². The normalized spacial score (nSPS) is 12.2. The van der Waals surface area contributed by atoms with Crippen molar-refractivity contribution in [1.29, 1.82) is 0 Å². The molecule has 0 saturated carbocycles. The molecule has 0 aliphatic heterocycles. The summed E-state index contributed by atoms with van der Waals surface area (Å²) in [6, 6.07) is 8.44. The molecule has 0 aliphatic rings. The molecule has 2 rings (SSSR count). The van der Waals surface area contributed by atoms with Crippen LogP contribution in [0.3, 0.4) is 0 Å². The molecular weight excluding hydrogens is 532 g/mol. The first-order valence-corrected chi connectivity index (χ1v) is 13.5. The fourth-order valence-electron chi connectivity index (χ4n) is 2.45. The molecule has 0 bridgehead atoms. The summed E-state index contributed by atoms with van der Waals surface area (Å²) in [6.45, 7) is 2.19. The van der Waals surface area contributed by atoms with Crippen molar-refractivity contribution in [2.75, 3.05) is 0 Å². The molecule has 0 spiro atoms. The average Bonchev–Trinajstić information content (AvgIpc) is 2.71. The molecule has 0 fully saturated rings. The summed E-state index contributed by atoms with van der Waals surface area (Å²) in [4.78, 5) is 0.